The Bertz CT molecular complexity index is 745. The molecule has 4 N–H and O–H groups in total. The highest BCUT2D eigenvalue weighted by atomic mass is 16.4. The van der Waals surface area contributed by atoms with Crippen LogP contribution in [-0.4, -0.2) is 36.9 Å². The molecule has 0 fully saturated rings. The van der Waals surface area contributed by atoms with E-state index >= 15 is 0 Å². The summed E-state index contributed by atoms with van der Waals surface area (Å²) >= 11 is 0. The molecule has 0 amide bonds. The molecule has 0 aliphatic rings. The lowest BCUT2D eigenvalue weighted by atomic mass is 10.2. The molecule has 0 radical (unpaired) electrons. The number of nitriles is 1. The van der Waals surface area contributed by atoms with Crippen LogP contribution in [0.4, 0.5) is 0 Å². The number of carboxylic acids is 2. The summed E-state index contributed by atoms with van der Waals surface area (Å²) in [5.74, 6) is -5.30. The molecule has 21 heavy (non-hydrogen) atoms. The van der Waals surface area contributed by atoms with Crippen LogP contribution in [0.1, 0.15) is 26.5 Å². The Morgan fingerprint density at radius 2 is 1.38 bits per heavy atom. The maximum atomic E-state index is 11.2. The van der Waals surface area contributed by atoms with Crippen LogP contribution in [0.25, 0.3) is 5.69 Å². The Labute approximate surface area is 117 Å². The largest absolute Gasteiger partial charge is 0.503 e. The van der Waals surface area contributed by atoms with Crippen molar-refractivity contribution in [1.29, 1.82) is 5.26 Å². The second-order valence-corrected chi connectivity index (χ2v) is 4.00. The fourth-order valence-electron chi connectivity index (χ4n) is 1.89. The fourth-order valence-corrected chi connectivity index (χ4v) is 1.89. The first-order chi connectivity index (χ1) is 9.88. The zero-order valence-electron chi connectivity index (χ0n) is 10.3. The molecule has 1 aromatic carbocycles. The highest BCUT2D eigenvalue weighted by Crippen LogP contribution is 2.38. The third kappa shape index (κ3) is 2.12. The number of aromatic nitrogens is 1. The van der Waals surface area contributed by atoms with E-state index in [1.54, 1.807) is 0 Å². The first kappa shape index (κ1) is 14.0. The highest BCUT2D eigenvalue weighted by molar-refractivity contribution is 5.99. The minimum absolute atomic E-state index is 0.0689. The third-order valence-corrected chi connectivity index (χ3v) is 2.78. The second kappa shape index (κ2) is 4.90. The lowest BCUT2D eigenvalue weighted by Crippen LogP contribution is -2.12. The van der Waals surface area contributed by atoms with Crippen molar-refractivity contribution in [2.75, 3.05) is 0 Å². The number of aromatic hydroxyl groups is 2. The van der Waals surface area contributed by atoms with Gasteiger partial charge in [0.2, 0.25) is 0 Å². The zero-order valence-corrected chi connectivity index (χ0v) is 10.3. The summed E-state index contributed by atoms with van der Waals surface area (Å²) in [4.78, 5) is 22.4. The van der Waals surface area contributed by atoms with Gasteiger partial charge in [-0.3, -0.25) is 4.57 Å². The van der Waals surface area contributed by atoms with E-state index in [1.165, 1.54) is 24.3 Å². The van der Waals surface area contributed by atoms with Gasteiger partial charge in [0.1, 0.15) is 0 Å². The number of benzene rings is 1. The van der Waals surface area contributed by atoms with Crippen molar-refractivity contribution in [3.63, 3.8) is 0 Å². The van der Waals surface area contributed by atoms with E-state index in [9.17, 15) is 19.8 Å². The van der Waals surface area contributed by atoms with Crippen LogP contribution in [0.2, 0.25) is 0 Å². The molecule has 0 aliphatic carbocycles. The summed E-state index contributed by atoms with van der Waals surface area (Å²) in [6, 6.07) is 7.16. The number of nitrogens with zero attached hydrogens (tertiary/aromatic N) is 2. The number of hydrogen-bond acceptors (Lipinski definition) is 5. The Kier molecular flexibility index (Phi) is 3.25. The van der Waals surface area contributed by atoms with Gasteiger partial charge in [-0.1, -0.05) is 0 Å². The predicted molar refractivity (Wildman–Crippen MR) is 67.7 cm³/mol. The van der Waals surface area contributed by atoms with Crippen molar-refractivity contribution in [2.45, 2.75) is 0 Å². The van der Waals surface area contributed by atoms with Crippen molar-refractivity contribution >= 4 is 11.9 Å². The molecule has 8 nitrogen and oxygen atoms in total. The zero-order chi connectivity index (χ0) is 15.7. The van der Waals surface area contributed by atoms with Gasteiger partial charge < -0.3 is 20.4 Å². The van der Waals surface area contributed by atoms with Gasteiger partial charge in [0.05, 0.1) is 11.6 Å². The van der Waals surface area contributed by atoms with Gasteiger partial charge in [-0.2, -0.15) is 5.26 Å². The van der Waals surface area contributed by atoms with Gasteiger partial charge in [-0.25, -0.2) is 9.59 Å². The van der Waals surface area contributed by atoms with Gasteiger partial charge in [-0.15, -0.1) is 0 Å². The minimum Gasteiger partial charge on any atom is -0.503 e. The monoisotopic (exact) mass is 288 g/mol. The lowest BCUT2D eigenvalue weighted by molar-refractivity contribution is 0.0681. The molecular formula is C13H8N2O6. The molecule has 0 atom stereocenters. The summed E-state index contributed by atoms with van der Waals surface area (Å²) in [6.45, 7) is 0. The van der Waals surface area contributed by atoms with E-state index in [1.807, 2.05) is 6.07 Å². The number of carboxylic acid groups (broad SMARTS) is 2. The van der Waals surface area contributed by atoms with Crippen molar-refractivity contribution in [2.24, 2.45) is 0 Å². The van der Waals surface area contributed by atoms with Crippen molar-refractivity contribution < 1.29 is 30.0 Å². The average molecular weight is 288 g/mol. The Balaban J connectivity index is 2.82. The van der Waals surface area contributed by atoms with Gasteiger partial charge >= 0.3 is 11.9 Å². The second-order valence-electron chi connectivity index (χ2n) is 4.00. The summed E-state index contributed by atoms with van der Waals surface area (Å²) < 4.78 is 0.691. The SMILES string of the molecule is N#Cc1ccc(-n2c(C(=O)O)c(O)c(O)c2C(=O)O)cc1. The van der Waals surface area contributed by atoms with Crippen LogP contribution in [0, 0.1) is 11.3 Å². The molecule has 2 aromatic rings. The first-order valence-corrected chi connectivity index (χ1v) is 5.52. The van der Waals surface area contributed by atoms with E-state index in [4.69, 9.17) is 15.5 Å². The smallest absolute Gasteiger partial charge is 0.356 e. The summed E-state index contributed by atoms with van der Waals surface area (Å²) in [5.41, 5.74) is -1.21. The van der Waals surface area contributed by atoms with Gasteiger partial charge in [-0.05, 0) is 24.3 Å². The number of hydrogen-bond donors (Lipinski definition) is 4. The number of carbonyl (C=O) groups is 2. The van der Waals surface area contributed by atoms with Gasteiger partial charge in [0.25, 0.3) is 0 Å². The van der Waals surface area contributed by atoms with Crippen LogP contribution in [0.3, 0.4) is 0 Å². The molecule has 1 heterocycles. The Hall–Kier alpha value is -3.47. The lowest BCUT2D eigenvalue weighted by Gasteiger charge is -2.08. The van der Waals surface area contributed by atoms with E-state index in [-0.39, 0.29) is 11.3 Å². The van der Waals surface area contributed by atoms with E-state index < -0.39 is 34.8 Å². The maximum Gasteiger partial charge on any atom is 0.356 e. The molecule has 0 unspecified atom stereocenters. The van der Waals surface area contributed by atoms with Crippen LogP contribution in [0.15, 0.2) is 24.3 Å². The number of rotatable bonds is 3. The molecule has 0 saturated heterocycles. The van der Waals surface area contributed by atoms with Crippen molar-refractivity contribution in [1.82, 2.24) is 4.57 Å². The quantitative estimate of drug-likeness (QED) is 0.663. The summed E-state index contributed by atoms with van der Waals surface area (Å²) in [7, 11) is 0. The molecule has 106 valence electrons. The van der Waals surface area contributed by atoms with Crippen molar-refractivity contribution in [3.8, 4) is 23.3 Å². The van der Waals surface area contributed by atoms with E-state index in [0.29, 0.717) is 4.57 Å². The van der Waals surface area contributed by atoms with E-state index in [0.717, 1.165) is 0 Å². The van der Waals surface area contributed by atoms with Gasteiger partial charge in [0.15, 0.2) is 22.9 Å². The fraction of sp³-hybridized carbons (Fsp3) is 0. The van der Waals surface area contributed by atoms with Crippen LogP contribution < -0.4 is 0 Å². The predicted octanol–water partition coefficient (Wildman–Crippen LogP) is 1.16. The maximum absolute atomic E-state index is 11.2. The van der Waals surface area contributed by atoms with E-state index in [2.05, 4.69) is 0 Å². The third-order valence-electron chi connectivity index (χ3n) is 2.78. The standard InChI is InChI=1S/C13H8N2O6/c14-5-6-1-3-7(4-2-6)15-8(12(18)19)10(16)11(17)9(15)13(20)21/h1-4,16-17H,(H,18,19)(H,20,21). The van der Waals surface area contributed by atoms with Crippen molar-refractivity contribution in [3.05, 3.63) is 41.2 Å². The van der Waals surface area contributed by atoms with Gasteiger partial charge in [0, 0.05) is 5.69 Å². The normalized spacial score (nSPS) is 10.0. The molecule has 2 rings (SSSR count). The highest BCUT2D eigenvalue weighted by Gasteiger charge is 2.31. The molecule has 0 aliphatic heterocycles. The summed E-state index contributed by atoms with van der Waals surface area (Å²) in [5, 5.41) is 46.1. The van der Waals surface area contributed by atoms with Crippen LogP contribution in [0.5, 0.6) is 11.5 Å². The topological polar surface area (TPSA) is 144 Å². The molecule has 0 saturated carbocycles. The molecule has 0 bridgehead atoms. The Morgan fingerprint density at radius 1 is 0.952 bits per heavy atom. The molecule has 0 spiro atoms. The van der Waals surface area contributed by atoms with Crippen LogP contribution in [-0.2, 0) is 0 Å². The Morgan fingerprint density at radius 3 is 1.71 bits per heavy atom. The number of aromatic carboxylic acids is 2. The molecular weight excluding hydrogens is 280 g/mol. The minimum atomic E-state index is -1.61. The summed E-state index contributed by atoms with van der Waals surface area (Å²) in [6.07, 6.45) is 0. The molecule has 8 heteroatoms. The average Bonchev–Trinajstić information content (AvgIpc) is 2.71. The molecule has 1 aromatic heterocycles. The first-order valence-electron chi connectivity index (χ1n) is 5.52. The van der Waals surface area contributed by atoms with Crippen LogP contribution >= 0.6 is 0 Å².